The minimum absolute atomic E-state index is 0.0664. The molecule has 1 atom stereocenters. The third-order valence-corrected chi connectivity index (χ3v) is 7.03. The van der Waals surface area contributed by atoms with Crippen molar-refractivity contribution < 1.29 is 32.5 Å². The molecule has 1 aliphatic heterocycles. The minimum atomic E-state index is -3.02. The number of alkyl halides is 2. The van der Waals surface area contributed by atoms with Crippen molar-refractivity contribution >= 4 is 23.4 Å². The molecule has 0 bridgehead atoms. The molecule has 2 aromatic carbocycles. The number of rotatable bonds is 10. The van der Waals surface area contributed by atoms with Gasteiger partial charge in [0.15, 0.2) is 4.80 Å². The van der Waals surface area contributed by atoms with Crippen LogP contribution in [0.25, 0.3) is 6.08 Å². The molecular formula is C28H28F2N2O6S. The molecule has 11 heteroatoms. The predicted molar refractivity (Wildman–Crippen MR) is 142 cm³/mol. The van der Waals surface area contributed by atoms with Gasteiger partial charge >= 0.3 is 12.6 Å². The van der Waals surface area contributed by atoms with Crippen molar-refractivity contribution in [2.45, 2.75) is 39.3 Å². The molecule has 206 valence electrons. The number of hydrogen-bond acceptors (Lipinski definition) is 8. The van der Waals surface area contributed by atoms with Gasteiger partial charge in [0.2, 0.25) is 0 Å². The van der Waals surface area contributed by atoms with Gasteiger partial charge < -0.3 is 18.9 Å². The zero-order valence-electron chi connectivity index (χ0n) is 21.9. The highest BCUT2D eigenvalue weighted by Crippen LogP contribution is 2.38. The summed E-state index contributed by atoms with van der Waals surface area (Å²) in [5, 5.41) is 0. The van der Waals surface area contributed by atoms with Crippen molar-refractivity contribution in [1.29, 1.82) is 0 Å². The Kier molecular flexibility index (Phi) is 8.80. The molecule has 0 radical (unpaired) electrons. The van der Waals surface area contributed by atoms with Gasteiger partial charge in [0, 0.05) is 11.1 Å². The van der Waals surface area contributed by atoms with Gasteiger partial charge in [-0.2, -0.15) is 8.78 Å². The second-order valence-electron chi connectivity index (χ2n) is 8.44. The van der Waals surface area contributed by atoms with E-state index in [2.05, 4.69) is 4.74 Å². The van der Waals surface area contributed by atoms with Crippen LogP contribution in [0.1, 0.15) is 43.9 Å². The van der Waals surface area contributed by atoms with Crippen LogP contribution in [0.2, 0.25) is 0 Å². The fraction of sp³-hybridized carbons (Fsp3) is 0.321. The van der Waals surface area contributed by atoms with Gasteiger partial charge in [-0.15, -0.1) is 0 Å². The van der Waals surface area contributed by atoms with E-state index in [1.54, 1.807) is 43.3 Å². The number of esters is 1. The number of nitrogens with zero attached hydrogens (tertiary/aromatic N) is 2. The fourth-order valence-corrected chi connectivity index (χ4v) is 5.42. The number of benzene rings is 2. The Bertz CT molecular complexity index is 1580. The lowest BCUT2D eigenvalue weighted by Gasteiger charge is -2.27. The van der Waals surface area contributed by atoms with Crippen LogP contribution >= 0.6 is 11.3 Å². The van der Waals surface area contributed by atoms with Crippen LogP contribution in [0.4, 0.5) is 8.78 Å². The normalized spacial score (nSPS) is 15.2. The van der Waals surface area contributed by atoms with Crippen LogP contribution in [0.5, 0.6) is 17.2 Å². The van der Waals surface area contributed by atoms with Crippen LogP contribution in [0, 0.1) is 0 Å². The first kappa shape index (κ1) is 28.0. The number of ether oxygens (including phenoxy) is 4. The van der Waals surface area contributed by atoms with Gasteiger partial charge in [0.1, 0.15) is 23.3 Å². The number of fused-ring (bicyclic) bond motifs is 1. The number of thiazole rings is 1. The van der Waals surface area contributed by atoms with E-state index < -0.39 is 24.2 Å². The number of methoxy groups -OCH3 is 2. The minimum Gasteiger partial charge on any atom is -0.497 e. The molecule has 1 aliphatic rings. The molecule has 0 amide bonds. The Hall–Kier alpha value is -3.99. The molecule has 0 spiro atoms. The third kappa shape index (κ3) is 5.73. The van der Waals surface area contributed by atoms with E-state index in [4.69, 9.17) is 19.2 Å². The maximum Gasteiger partial charge on any atom is 0.387 e. The number of carbonyl (C=O) groups is 1. The van der Waals surface area contributed by atoms with E-state index in [9.17, 15) is 18.4 Å². The first-order valence-corrected chi connectivity index (χ1v) is 13.1. The third-order valence-electron chi connectivity index (χ3n) is 6.05. The SMILES string of the molecule is CCCC1=C(C(=O)OCC)[C@H](c2cc(OC)ccc2OC)n2c(s/c(=C\c3ccccc3OC(F)F)c2=O)=N1. The first-order valence-electron chi connectivity index (χ1n) is 12.3. The van der Waals surface area contributed by atoms with Crippen LogP contribution in [0.15, 0.2) is 63.5 Å². The number of allylic oxidation sites excluding steroid dienone is 1. The Labute approximate surface area is 227 Å². The average molecular weight is 559 g/mol. The van der Waals surface area contributed by atoms with Crippen molar-refractivity contribution in [1.82, 2.24) is 4.57 Å². The van der Waals surface area contributed by atoms with Gasteiger partial charge in [0.25, 0.3) is 5.56 Å². The standard InChI is InChI=1S/C28H28F2N2O6S/c1-5-9-19-23(26(34)37-6-2)24(18-15-17(35-3)12-13-21(18)36-4)32-25(33)22(39-28(32)31-19)14-16-10-7-8-11-20(16)38-27(29)30/h7-8,10-15,24,27H,5-6,9H2,1-4H3/b22-14-/t24-/m0/s1. The van der Waals surface area contributed by atoms with Gasteiger partial charge in [-0.05, 0) is 43.7 Å². The molecule has 0 saturated carbocycles. The van der Waals surface area contributed by atoms with E-state index in [1.807, 2.05) is 6.92 Å². The molecule has 2 heterocycles. The van der Waals surface area contributed by atoms with Crippen LogP contribution in [0.3, 0.4) is 0 Å². The Morgan fingerprint density at radius 1 is 1.13 bits per heavy atom. The summed E-state index contributed by atoms with van der Waals surface area (Å²) >= 11 is 1.09. The van der Waals surface area contributed by atoms with Crippen molar-refractivity contribution in [3.63, 3.8) is 0 Å². The predicted octanol–water partition coefficient (Wildman–Crippen LogP) is 4.20. The van der Waals surface area contributed by atoms with Crippen LogP contribution in [-0.4, -0.2) is 38.0 Å². The molecule has 4 rings (SSSR count). The fourth-order valence-electron chi connectivity index (χ4n) is 4.41. The average Bonchev–Trinajstić information content (AvgIpc) is 3.23. The topological polar surface area (TPSA) is 88.4 Å². The number of carbonyl (C=O) groups excluding carboxylic acids is 1. The lowest BCUT2D eigenvalue weighted by Crippen LogP contribution is -2.40. The quantitative estimate of drug-likeness (QED) is 0.347. The highest BCUT2D eigenvalue weighted by molar-refractivity contribution is 7.07. The maximum absolute atomic E-state index is 13.9. The number of aromatic nitrogens is 1. The molecule has 1 aromatic heterocycles. The van der Waals surface area contributed by atoms with E-state index >= 15 is 0 Å². The van der Waals surface area contributed by atoms with Crippen LogP contribution < -0.4 is 29.1 Å². The van der Waals surface area contributed by atoms with E-state index in [0.29, 0.717) is 46.0 Å². The van der Waals surface area contributed by atoms with Crippen molar-refractivity contribution in [2.75, 3.05) is 20.8 Å². The zero-order chi connectivity index (χ0) is 28.1. The van der Waals surface area contributed by atoms with Gasteiger partial charge in [0.05, 0.1) is 36.6 Å². The maximum atomic E-state index is 13.9. The number of halogens is 2. The van der Waals surface area contributed by atoms with E-state index in [-0.39, 0.29) is 22.5 Å². The van der Waals surface area contributed by atoms with E-state index in [0.717, 1.165) is 11.3 Å². The monoisotopic (exact) mass is 558 g/mol. The summed E-state index contributed by atoms with van der Waals surface area (Å²) in [6.45, 7) is 0.772. The van der Waals surface area contributed by atoms with E-state index in [1.165, 1.54) is 30.9 Å². The summed E-state index contributed by atoms with van der Waals surface area (Å²) in [6, 6.07) is 10.4. The molecule has 0 saturated heterocycles. The van der Waals surface area contributed by atoms with Gasteiger partial charge in [-0.25, -0.2) is 9.79 Å². The van der Waals surface area contributed by atoms with Crippen molar-refractivity contribution in [2.24, 2.45) is 4.99 Å². The van der Waals surface area contributed by atoms with Crippen molar-refractivity contribution in [3.8, 4) is 17.2 Å². The molecule has 8 nitrogen and oxygen atoms in total. The summed E-state index contributed by atoms with van der Waals surface area (Å²) < 4.78 is 48.7. The number of para-hydroxylation sites is 1. The lowest BCUT2D eigenvalue weighted by molar-refractivity contribution is -0.139. The molecule has 0 fully saturated rings. The summed E-state index contributed by atoms with van der Waals surface area (Å²) in [4.78, 5) is 32.4. The Balaban J connectivity index is 2.04. The molecular weight excluding hydrogens is 530 g/mol. The zero-order valence-corrected chi connectivity index (χ0v) is 22.7. The first-order chi connectivity index (χ1) is 18.8. The molecule has 0 aliphatic carbocycles. The highest BCUT2D eigenvalue weighted by Gasteiger charge is 2.36. The Morgan fingerprint density at radius 3 is 2.56 bits per heavy atom. The molecule has 39 heavy (non-hydrogen) atoms. The lowest BCUT2D eigenvalue weighted by atomic mass is 9.93. The number of hydrogen-bond donors (Lipinski definition) is 0. The summed E-state index contributed by atoms with van der Waals surface area (Å²) in [6.07, 6.45) is 2.64. The largest absolute Gasteiger partial charge is 0.497 e. The van der Waals surface area contributed by atoms with Crippen molar-refractivity contribution in [3.05, 3.63) is 84.5 Å². The van der Waals surface area contributed by atoms with Gasteiger partial charge in [-0.1, -0.05) is 42.9 Å². The second kappa shape index (κ2) is 12.2. The molecule has 0 unspecified atom stereocenters. The molecule has 0 N–H and O–H groups in total. The highest BCUT2D eigenvalue weighted by atomic mass is 32.1. The van der Waals surface area contributed by atoms with Gasteiger partial charge in [-0.3, -0.25) is 9.36 Å². The molecule has 3 aromatic rings. The summed E-state index contributed by atoms with van der Waals surface area (Å²) in [5.74, 6) is 0.279. The smallest absolute Gasteiger partial charge is 0.387 e. The summed E-state index contributed by atoms with van der Waals surface area (Å²) in [7, 11) is 3.01. The van der Waals surface area contributed by atoms with Crippen LogP contribution in [-0.2, 0) is 9.53 Å². The Morgan fingerprint density at radius 2 is 1.90 bits per heavy atom. The summed E-state index contributed by atoms with van der Waals surface area (Å²) in [5.41, 5.74) is 1.08. The second-order valence-corrected chi connectivity index (χ2v) is 9.45.